The van der Waals surface area contributed by atoms with Crippen LogP contribution in [0.3, 0.4) is 0 Å². The maximum absolute atomic E-state index is 12.2. The molecule has 0 aliphatic carbocycles. The average molecular weight is 259 g/mol. The first-order valence-corrected chi connectivity index (χ1v) is 6.69. The number of rotatable bonds is 1. The minimum atomic E-state index is -0.143. The minimum absolute atomic E-state index is 0.143. The number of fused-ring (bicyclic) bond motifs is 3. The SMILES string of the molecule is CSc1n[n+]2c(C)nc3ccccc3c2c(=O)[nH]1. The number of thioether (sulfide) groups is 1. The molecule has 6 heteroatoms. The summed E-state index contributed by atoms with van der Waals surface area (Å²) in [6.07, 6.45) is 1.87. The molecule has 0 aliphatic heterocycles. The summed E-state index contributed by atoms with van der Waals surface area (Å²) in [5.41, 5.74) is 1.20. The highest BCUT2D eigenvalue weighted by Crippen LogP contribution is 2.13. The number of nitrogens with zero attached hydrogens (tertiary/aromatic N) is 3. The Morgan fingerprint density at radius 2 is 2.11 bits per heavy atom. The summed E-state index contributed by atoms with van der Waals surface area (Å²) in [5, 5.41) is 5.76. The molecule has 0 bridgehead atoms. The van der Waals surface area contributed by atoms with Crippen molar-refractivity contribution >= 4 is 28.2 Å². The molecule has 2 aromatic heterocycles. The summed E-state index contributed by atoms with van der Waals surface area (Å²) in [6.45, 7) is 1.84. The van der Waals surface area contributed by atoms with E-state index < -0.39 is 0 Å². The van der Waals surface area contributed by atoms with E-state index in [1.807, 2.05) is 37.4 Å². The lowest BCUT2D eigenvalue weighted by molar-refractivity contribution is -0.596. The highest BCUT2D eigenvalue weighted by molar-refractivity contribution is 7.98. The molecule has 0 saturated carbocycles. The van der Waals surface area contributed by atoms with Gasteiger partial charge in [0, 0.05) is 6.92 Å². The van der Waals surface area contributed by atoms with Crippen LogP contribution in [0.2, 0.25) is 0 Å². The Morgan fingerprint density at radius 1 is 1.33 bits per heavy atom. The summed E-state index contributed by atoms with van der Waals surface area (Å²) in [7, 11) is 0. The van der Waals surface area contributed by atoms with Crippen LogP contribution in [0.5, 0.6) is 0 Å². The molecule has 3 rings (SSSR count). The lowest BCUT2D eigenvalue weighted by Crippen LogP contribution is -2.38. The quantitative estimate of drug-likeness (QED) is 0.403. The monoisotopic (exact) mass is 259 g/mol. The van der Waals surface area contributed by atoms with Crippen molar-refractivity contribution in [1.29, 1.82) is 0 Å². The van der Waals surface area contributed by atoms with Gasteiger partial charge in [0.05, 0.1) is 5.39 Å². The number of aromatic nitrogens is 4. The fourth-order valence-electron chi connectivity index (χ4n) is 1.97. The minimum Gasteiger partial charge on any atom is -0.295 e. The lowest BCUT2D eigenvalue weighted by Gasteiger charge is -1.99. The van der Waals surface area contributed by atoms with Crippen molar-refractivity contribution in [2.45, 2.75) is 12.1 Å². The Bertz CT molecular complexity index is 812. The van der Waals surface area contributed by atoms with Crippen LogP contribution in [0.1, 0.15) is 5.82 Å². The zero-order valence-electron chi connectivity index (χ0n) is 9.97. The van der Waals surface area contributed by atoms with E-state index >= 15 is 0 Å². The molecule has 18 heavy (non-hydrogen) atoms. The third-order valence-electron chi connectivity index (χ3n) is 2.78. The molecule has 0 unspecified atom stereocenters. The molecule has 0 aliphatic rings. The van der Waals surface area contributed by atoms with Gasteiger partial charge in [-0.15, -0.1) is 0 Å². The molecule has 5 nitrogen and oxygen atoms in total. The van der Waals surface area contributed by atoms with Crippen molar-refractivity contribution in [2.75, 3.05) is 6.26 Å². The molecular weight excluding hydrogens is 248 g/mol. The smallest absolute Gasteiger partial charge is 0.295 e. The largest absolute Gasteiger partial charge is 0.321 e. The Balaban J connectivity index is 2.61. The molecule has 0 amide bonds. The van der Waals surface area contributed by atoms with Crippen molar-refractivity contribution < 1.29 is 4.52 Å². The standard InChI is InChI=1S/C12H10N4OS/c1-7-13-9-6-4-3-5-8(9)10-11(17)14-12(18-2)15-16(7)10/h3-6H,1-2H3/p+1. The summed E-state index contributed by atoms with van der Waals surface area (Å²) >= 11 is 1.40. The molecular formula is C12H11N4OS+. The number of aromatic amines is 1. The normalized spacial score (nSPS) is 11.2. The number of hydrogen-bond acceptors (Lipinski definition) is 4. The summed E-state index contributed by atoms with van der Waals surface area (Å²) in [4.78, 5) is 19.4. The summed E-state index contributed by atoms with van der Waals surface area (Å²) < 4.78 is 1.60. The number of para-hydroxylation sites is 1. The maximum atomic E-state index is 12.2. The second kappa shape index (κ2) is 4.06. The van der Waals surface area contributed by atoms with E-state index in [4.69, 9.17) is 0 Å². The van der Waals surface area contributed by atoms with Gasteiger partial charge < -0.3 is 0 Å². The second-order valence-corrected chi connectivity index (χ2v) is 4.69. The van der Waals surface area contributed by atoms with Gasteiger partial charge in [0.25, 0.3) is 0 Å². The van der Waals surface area contributed by atoms with E-state index in [-0.39, 0.29) is 5.56 Å². The summed E-state index contributed by atoms with van der Waals surface area (Å²) in [6, 6.07) is 7.57. The van der Waals surface area contributed by atoms with Crippen molar-refractivity contribution in [3.05, 3.63) is 40.4 Å². The molecule has 3 aromatic rings. The number of H-pyrrole nitrogens is 1. The Hall–Kier alpha value is -1.95. The number of aryl methyl sites for hydroxylation is 1. The number of nitrogens with one attached hydrogen (secondary N) is 1. The zero-order valence-corrected chi connectivity index (χ0v) is 10.8. The van der Waals surface area contributed by atoms with E-state index in [2.05, 4.69) is 15.1 Å². The van der Waals surface area contributed by atoms with Crippen LogP contribution in [0.15, 0.2) is 34.2 Å². The first kappa shape index (κ1) is 11.2. The fourth-order valence-corrected chi connectivity index (χ4v) is 2.33. The van der Waals surface area contributed by atoms with Crippen LogP contribution >= 0.6 is 11.8 Å². The van der Waals surface area contributed by atoms with Crippen LogP contribution in [0, 0.1) is 6.92 Å². The van der Waals surface area contributed by atoms with E-state index in [1.165, 1.54) is 11.8 Å². The lowest BCUT2D eigenvalue weighted by atomic mass is 10.2. The van der Waals surface area contributed by atoms with Gasteiger partial charge in [-0.05, 0) is 23.4 Å². The molecule has 2 heterocycles. The molecule has 0 atom stereocenters. The molecule has 0 fully saturated rings. The fraction of sp³-hybridized carbons (Fsp3) is 0.167. The van der Waals surface area contributed by atoms with Gasteiger partial charge in [-0.2, -0.15) is 0 Å². The van der Waals surface area contributed by atoms with Gasteiger partial charge in [-0.25, -0.2) is 0 Å². The van der Waals surface area contributed by atoms with Crippen molar-refractivity contribution in [1.82, 2.24) is 15.1 Å². The zero-order chi connectivity index (χ0) is 12.7. The van der Waals surface area contributed by atoms with Crippen LogP contribution < -0.4 is 10.1 Å². The van der Waals surface area contributed by atoms with Crippen LogP contribution in [-0.4, -0.2) is 21.3 Å². The molecule has 1 N–H and O–H groups in total. The van der Waals surface area contributed by atoms with Crippen LogP contribution in [0.25, 0.3) is 16.4 Å². The predicted octanol–water partition coefficient (Wildman–Crippen LogP) is 1.09. The Morgan fingerprint density at radius 3 is 2.89 bits per heavy atom. The van der Waals surface area contributed by atoms with Gasteiger partial charge in [0.2, 0.25) is 10.7 Å². The van der Waals surface area contributed by atoms with E-state index in [9.17, 15) is 4.79 Å². The van der Waals surface area contributed by atoms with Gasteiger partial charge in [-0.3, -0.25) is 9.78 Å². The highest BCUT2D eigenvalue weighted by Gasteiger charge is 2.18. The van der Waals surface area contributed by atoms with Crippen LogP contribution in [-0.2, 0) is 0 Å². The van der Waals surface area contributed by atoms with Crippen molar-refractivity contribution in [2.24, 2.45) is 0 Å². The Kier molecular flexibility index (Phi) is 2.52. The number of benzene rings is 1. The van der Waals surface area contributed by atoms with Crippen LogP contribution in [0.4, 0.5) is 0 Å². The van der Waals surface area contributed by atoms with E-state index in [0.717, 1.165) is 10.9 Å². The van der Waals surface area contributed by atoms with Gasteiger partial charge >= 0.3 is 11.4 Å². The first-order chi connectivity index (χ1) is 8.70. The molecule has 0 spiro atoms. The summed E-state index contributed by atoms with van der Waals surface area (Å²) in [5.74, 6) is 0.699. The van der Waals surface area contributed by atoms with Gasteiger partial charge in [0.1, 0.15) is 0 Å². The van der Waals surface area contributed by atoms with Gasteiger partial charge in [-0.1, -0.05) is 33.5 Å². The van der Waals surface area contributed by atoms with Gasteiger partial charge in [0.15, 0.2) is 5.52 Å². The number of hydrogen-bond donors (Lipinski definition) is 1. The molecule has 90 valence electrons. The Labute approximate surface area is 107 Å². The van der Waals surface area contributed by atoms with E-state index in [1.54, 1.807) is 4.52 Å². The maximum Gasteiger partial charge on any atom is 0.321 e. The van der Waals surface area contributed by atoms with Crippen molar-refractivity contribution in [3.8, 4) is 0 Å². The highest BCUT2D eigenvalue weighted by atomic mass is 32.2. The topological polar surface area (TPSA) is 62.7 Å². The predicted molar refractivity (Wildman–Crippen MR) is 69.8 cm³/mol. The second-order valence-electron chi connectivity index (χ2n) is 3.90. The van der Waals surface area contributed by atoms with E-state index in [0.29, 0.717) is 16.5 Å². The molecule has 0 saturated heterocycles. The third kappa shape index (κ3) is 1.57. The first-order valence-electron chi connectivity index (χ1n) is 5.46. The molecule has 1 aromatic carbocycles. The molecule has 0 radical (unpaired) electrons. The third-order valence-corrected chi connectivity index (χ3v) is 3.35. The average Bonchev–Trinajstić information content (AvgIpc) is 2.38. The van der Waals surface area contributed by atoms with Crippen molar-refractivity contribution in [3.63, 3.8) is 0 Å².